The van der Waals surface area contributed by atoms with Crippen LogP contribution >= 0.6 is 0 Å². The van der Waals surface area contributed by atoms with Gasteiger partial charge in [0.2, 0.25) is 11.8 Å². The molecular formula is C22H25N3O3. The molecule has 0 radical (unpaired) electrons. The molecule has 1 atom stereocenters. The van der Waals surface area contributed by atoms with E-state index in [2.05, 4.69) is 10.6 Å². The van der Waals surface area contributed by atoms with Crippen molar-refractivity contribution in [1.29, 1.82) is 0 Å². The molecule has 1 aliphatic rings. The van der Waals surface area contributed by atoms with Gasteiger partial charge >= 0.3 is 0 Å². The summed E-state index contributed by atoms with van der Waals surface area (Å²) in [6, 6.07) is 16.7. The zero-order valence-corrected chi connectivity index (χ0v) is 16.0. The SMILES string of the molecule is CC(=O)Nc1cccc(C(=O)N2CCC[C@H](C(=O)NCc3ccccc3)C2)c1. The van der Waals surface area contributed by atoms with Gasteiger partial charge in [-0.1, -0.05) is 36.4 Å². The maximum atomic E-state index is 12.9. The molecule has 2 aromatic rings. The van der Waals surface area contributed by atoms with Gasteiger partial charge in [-0.25, -0.2) is 0 Å². The van der Waals surface area contributed by atoms with Gasteiger partial charge in [-0.2, -0.15) is 0 Å². The number of carbonyl (C=O) groups is 3. The Morgan fingerprint density at radius 3 is 2.61 bits per heavy atom. The van der Waals surface area contributed by atoms with Crippen molar-refractivity contribution in [2.45, 2.75) is 26.3 Å². The maximum absolute atomic E-state index is 12.9. The van der Waals surface area contributed by atoms with E-state index in [0.717, 1.165) is 18.4 Å². The normalized spacial score (nSPS) is 16.3. The number of hydrogen-bond acceptors (Lipinski definition) is 3. The summed E-state index contributed by atoms with van der Waals surface area (Å²) < 4.78 is 0. The minimum absolute atomic E-state index is 0.0200. The molecule has 3 amide bonds. The minimum Gasteiger partial charge on any atom is -0.352 e. The standard InChI is InChI=1S/C22H25N3O3/c1-16(26)24-20-11-5-9-18(13-20)22(28)25-12-6-10-19(15-25)21(27)23-14-17-7-3-2-4-8-17/h2-5,7-9,11,13,19H,6,10,12,14-15H2,1H3,(H,23,27)(H,24,26)/t19-/m0/s1. The third kappa shape index (κ3) is 5.19. The molecule has 1 saturated heterocycles. The van der Waals surface area contributed by atoms with Crippen molar-refractivity contribution >= 4 is 23.4 Å². The number of piperidine rings is 1. The summed E-state index contributed by atoms with van der Waals surface area (Å²) in [5, 5.41) is 5.66. The lowest BCUT2D eigenvalue weighted by atomic mass is 9.96. The molecule has 0 unspecified atom stereocenters. The molecule has 146 valence electrons. The number of rotatable bonds is 5. The average molecular weight is 379 g/mol. The third-order valence-corrected chi connectivity index (χ3v) is 4.82. The number of hydrogen-bond donors (Lipinski definition) is 2. The highest BCUT2D eigenvalue weighted by molar-refractivity contribution is 5.97. The van der Waals surface area contributed by atoms with Crippen LogP contribution in [0.15, 0.2) is 54.6 Å². The summed E-state index contributed by atoms with van der Waals surface area (Å²) in [5.74, 6) is -0.529. The van der Waals surface area contributed by atoms with Crippen LogP contribution in [0.1, 0.15) is 35.7 Å². The molecule has 3 rings (SSSR count). The molecular weight excluding hydrogens is 354 g/mol. The van der Waals surface area contributed by atoms with Crippen molar-refractivity contribution in [3.05, 3.63) is 65.7 Å². The lowest BCUT2D eigenvalue weighted by molar-refractivity contribution is -0.126. The number of likely N-dealkylation sites (tertiary alicyclic amines) is 1. The third-order valence-electron chi connectivity index (χ3n) is 4.82. The predicted molar refractivity (Wildman–Crippen MR) is 108 cm³/mol. The first kappa shape index (κ1) is 19.6. The van der Waals surface area contributed by atoms with Gasteiger partial charge in [0.1, 0.15) is 0 Å². The zero-order chi connectivity index (χ0) is 19.9. The Balaban J connectivity index is 1.60. The Labute approximate surface area is 164 Å². The molecule has 2 aromatic carbocycles. The Hall–Kier alpha value is -3.15. The predicted octanol–water partition coefficient (Wildman–Crippen LogP) is 2.81. The van der Waals surface area contributed by atoms with Crippen LogP contribution in [0.2, 0.25) is 0 Å². The van der Waals surface area contributed by atoms with Crippen molar-refractivity contribution in [2.24, 2.45) is 5.92 Å². The van der Waals surface area contributed by atoms with E-state index in [4.69, 9.17) is 0 Å². The first-order chi connectivity index (χ1) is 13.5. The number of carbonyl (C=O) groups excluding carboxylic acids is 3. The quantitative estimate of drug-likeness (QED) is 0.838. The summed E-state index contributed by atoms with van der Waals surface area (Å²) in [6.45, 7) is 2.95. The van der Waals surface area contributed by atoms with Gasteiger partial charge in [-0.05, 0) is 36.6 Å². The van der Waals surface area contributed by atoms with E-state index in [1.54, 1.807) is 29.2 Å². The minimum atomic E-state index is -0.208. The van der Waals surface area contributed by atoms with Crippen LogP contribution in [0.4, 0.5) is 5.69 Å². The number of amides is 3. The summed E-state index contributed by atoms with van der Waals surface area (Å²) in [4.78, 5) is 38.4. The first-order valence-electron chi connectivity index (χ1n) is 9.51. The Morgan fingerprint density at radius 1 is 1.07 bits per heavy atom. The summed E-state index contributed by atoms with van der Waals surface area (Å²) in [6.07, 6.45) is 1.57. The molecule has 1 heterocycles. The van der Waals surface area contributed by atoms with E-state index in [0.29, 0.717) is 30.9 Å². The molecule has 0 saturated carbocycles. The fraction of sp³-hybridized carbons (Fsp3) is 0.318. The van der Waals surface area contributed by atoms with Gasteiger partial charge in [0.15, 0.2) is 0 Å². The molecule has 1 fully saturated rings. The van der Waals surface area contributed by atoms with Gasteiger partial charge in [0.05, 0.1) is 5.92 Å². The maximum Gasteiger partial charge on any atom is 0.253 e. The number of nitrogens with zero attached hydrogens (tertiary/aromatic N) is 1. The summed E-state index contributed by atoms with van der Waals surface area (Å²) in [7, 11) is 0. The largest absolute Gasteiger partial charge is 0.352 e. The van der Waals surface area contributed by atoms with Crippen LogP contribution in [0.25, 0.3) is 0 Å². The average Bonchev–Trinajstić information content (AvgIpc) is 2.72. The van der Waals surface area contributed by atoms with Crippen molar-refractivity contribution in [3.63, 3.8) is 0 Å². The highest BCUT2D eigenvalue weighted by Crippen LogP contribution is 2.20. The zero-order valence-electron chi connectivity index (χ0n) is 16.0. The highest BCUT2D eigenvalue weighted by atomic mass is 16.2. The van der Waals surface area contributed by atoms with E-state index in [1.807, 2.05) is 30.3 Å². The second-order valence-electron chi connectivity index (χ2n) is 7.06. The number of nitrogens with one attached hydrogen (secondary N) is 2. The van der Waals surface area contributed by atoms with Crippen LogP contribution in [0, 0.1) is 5.92 Å². The number of anilines is 1. The van der Waals surface area contributed by atoms with Crippen LogP contribution in [-0.2, 0) is 16.1 Å². The molecule has 0 aromatic heterocycles. The molecule has 1 aliphatic heterocycles. The van der Waals surface area contributed by atoms with Gasteiger partial charge in [-0.3, -0.25) is 14.4 Å². The fourth-order valence-electron chi connectivity index (χ4n) is 3.42. The molecule has 0 aliphatic carbocycles. The highest BCUT2D eigenvalue weighted by Gasteiger charge is 2.28. The van der Waals surface area contributed by atoms with E-state index in [-0.39, 0.29) is 23.6 Å². The molecule has 0 spiro atoms. The first-order valence-corrected chi connectivity index (χ1v) is 9.51. The van der Waals surface area contributed by atoms with Gasteiger partial charge in [0, 0.05) is 37.8 Å². The van der Waals surface area contributed by atoms with Crippen molar-refractivity contribution in [3.8, 4) is 0 Å². The van der Waals surface area contributed by atoms with Crippen LogP contribution < -0.4 is 10.6 Å². The molecule has 0 bridgehead atoms. The van der Waals surface area contributed by atoms with Gasteiger partial charge < -0.3 is 15.5 Å². The summed E-state index contributed by atoms with van der Waals surface area (Å²) in [5.41, 5.74) is 2.15. The number of benzene rings is 2. The van der Waals surface area contributed by atoms with Gasteiger partial charge in [-0.15, -0.1) is 0 Å². The second-order valence-corrected chi connectivity index (χ2v) is 7.06. The van der Waals surface area contributed by atoms with E-state index in [1.165, 1.54) is 6.92 Å². The fourth-order valence-corrected chi connectivity index (χ4v) is 3.42. The smallest absolute Gasteiger partial charge is 0.253 e. The van der Waals surface area contributed by atoms with Crippen LogP contribution in [-0.4, -0.2) is 35.7 Å². The molecule has 6 nitrogen and oxygen atoms in total. The molecule has 2 N–H and O–H groups in total. The Kier molecular flexibility index (Phi) is 6.42. The van der Waals surface area contributed by atoms with Crippen molar-refractivity contribution < 1.29 is 14.4 Å². The lowest BCUT2D eigenvalue weighted by Gasteiger charge is -2.32. The Morgan fingerprint density at radius 2 is 1.86 bits per heavy atom. The van der Waals surface area contributed by atoms with Crippen LogP contribution in [0.5, 0.6) is 0 Å². The molecule has 28 heavy (non-hydrogen) atoms. The van der Waals surface area contributed by atoms with Crippen LogP contribution in [0.3, 0.4) is 0 Å². The van der Waals surface area contributed by atoms with Gasteiger partial charge in [0.25, 0.3) is 5.91 Å². The summed E-state index contributed by atoms with van der Waals surface area (Å²) >= 11 is 0. The van der Waals surface area contributed by atoms with E-state index >= 15 is 0 Å². The monoisotopic (exact) mass is 379 g/mol. The van der Waals surface area contributed by atoms with E-state index in [9.17, 15) is 14.4 Å². The topological polar surface area (TPSA) is 78.5 Å². The second kappa shape index (κ2) is 9.17. The van der Waals surface area contributed by atoms with E-state index < -0.39 is 0 Å². The lowest BCUT2D eigenvalue weighted by Crippen LogP contribution is -2.45. The van der Waals surface area contributed by atoms with Crippen molar-refractivity contribution in [2.75, 3.05) is 18.4 Å². The molecule has 6 heteroatoms. The Bertz CT molecular complexity index is 851. The van der Waals surface area contributed by atoms with Crippen molar-refractivity contribution in [1.82, 2.24) is 10.2 Å².